The third kappa shape index (κ3) is 8.31. The van der Waals surface area contributed by atoms with Crippen molar-refractivity contribution in [2.75, 3.05) is 25.0 Å². The Balaban J connectivity index is 2.44. The van der Waals surface area contributed by atoms with E-state index in [0.29, 0.717) is 12.1 Å². The van der Waals surface area contributed by atoms with Crippen LogP contribution in [0.25, 0.3) is 0 Å². The molecule has 5 nitrogen and oxygen atoms in total. The molecule has 0 unspecified atom stereocenters. The molecule has 2 amide bonds. The first-order chi connectivity index (χ1) is 12.1. The van der Waals surface area contributed by atoms with Crippen molar-refractivity contribution in [3.63, 3.8) is 0 Å². The first-order valence-electron chi connectivity index (χ1n) is 9.18. The van der Waals surface area contributed by atoms with Gasteiger partial charge in [0, 0.05) is 13.1 Å². The van der Waals surface area contributed by atoms with E-state index in [9.17, 15) is 9.18 Å². The second-order valence-electron chi connectivity index (χ2n) is 6.23. The zero-order chi connectivity index (χ0) is 18.5. The summed E-state index contributed by atoms with van der Waals surface area (Å²) in [4.78, 5) is 13.8. The van der Waals surface area contributed by atoms with E-state index in [2.05, 4.69) is 12.2 Å². The van der Waals surface area contributed by atoms with Crippen LogP contribution >= 0.6 is 0 Å². The van der Waals surface area contributed by atoms with E-state index in [1.807, 2.05) is 0 Å². The molecule has 0 aliphatic rings. The lowest BCUT2D eigenvalue weighted by Gasteiger charge is -2.22. The third-order valence-corrected chi connectivity index (χ3v) is 4.15. The molecule has 0 atom stereocenters. The number of carbonyl (C=O) groups excluding carboxylic acids is 1. The normalized spacial score (nSPS) is 10.7. The number of benzene rings is 1. The average molecular weight is 354 g/mol. The van der Waals surface area contributed by atoms with Crippen molar-refractivity contribution in [1.82, 2.24) is 4.90 Å². The minimum Gasteiger partial charge on any atom is -0.395 e. The number of rotatable bonds is 12. The average Bonchev–Trinajstić information content (AvgIpc) is 2.61. The van der Waals surface area contributed by atoms with Gasteiger partial charge in [-0.2, -0.15) is 0 Å². The summed E-state index contributed by atoms with van der Waals surface area (Å²) in [6, 6.07) is 3.77. The molecule has 25 heavy (non-hydrogen) atoms. The second kappa shape index (κ2) is 12.7. The summed E-state index contributed by atoms with van der Waals surface area (Å²) in [5.74, 6) is -0.584. The van der Waals surface area contributed by atoms with Crippen LogP contribution in [0.5, 0.6) is 0 Å². The number of aliphatic hydroxyl groups excluding tert-OH is 2. The minimum absolute atomic E-state index is 0.0738. The van der Waals surface area contributed by atoms with Crippen molar-refractivity contribution >= 4 is 11.7 Å². The van der Waals surface area contributed by atoms with E-state index in [1.54, 1.807) is 6.07 Å². The number of anilines is 1. The molecule has 0 saturated heterocycles. The monoisotopic (exact) mass is 354 g/mol. The number of carbonyl (C=O) groups is 1. The Kier molecular flexibility index (Phi) is 10.8. The van der Waals surface area contributed by atoms with Crippen LogP contribution in [0.3, 0.4) is 0 Å². The Morgan fingerprint density at radius 2 is 1.76 bits per heavy atom. The Hall–Kier alpha value is -1.66. The molecule has 3 N–H and O–H groups in total. The van der Waals surface area contributed by atoms with Crippen molar-refractivity contribution in [3.05, 3.63) is 29.6 Å². The summed E-state index contributed by atoms with van der Waals surface area (Å²) in [6.07, 6.45) is 8.00. The summed E-state index contributed by atoms with van der Waals surface area (Å²) in [5.41, 5.74) is 0.524. The van der Waals surface area contributed by atoms with E-state index in [0.717, 1.165) is 19.3 Å². The Bertz CT molecular complexity index is 511. The first kappa shape index (κ1) is 21.4. The molecule has 0 saturated carbocycles. The van der Waals surface area contributed by atoms with Crippen LogP contribution in [-0.4, -0.2) is 40.8 Å². The molecule has 0 aliphatic carbocycles. The van der Waals surface area contributed by atoms with Gasteiger partial charge in [-0.15, -0.1) is 0 Å². The van der Waals surface area contributed by atoms with Crippen LogP contribution < -0.4 is 5.32 Å². The van der Waals surface area contributed by atoms with Gasteiger partial charge < -0.3 is 20.4 Å². The van der Waals surface area contributed by atoms with Crippen molar-refractivity contribution in [3.8, 4) is 0 Å². The molecule has 0 aromatic heterocycles. The van der Waals surface area contributed by atoms with Crippen molar-refractivity contribution in [2.45, 2.75) is 58.5 Å². The highest BCUT2D eigenvalue weighted by atomic mass is 19.1. The predicted octanol–water partition coefficient (Wildman–Crippen LogP) is 3.89. The quantitative estimate of drug-likeness (QED) is 0.499. The molecule has 0 radical (unpaired) electrons. The largest absolute Gasteiger partial charge is 0.395 e. The number of amides is 2. The molecule has 0 heterocycles. The van der Waals surface area contributed by atoms with Gasteiger partial charge in [-0.25, -0.2) is 9.18 Å². The van der Waals surface area contributed by atoms with Gasteiger partial charge >= 0.3 is 6.03 Å². The van der Waals surface area contributed by atoms with E-state index in [-0.39, 0.29) is 25.4 Å². The first-order valence-corrected chi connectivity index (χ1v) is 9.18. The second-order valence-corrected chi connectivity index (χ2v) is 6.23. The lowest BCUT2D eigenvalue weighted by molar-refractivity contribution is 0.187. The summed E-state index contributed by atoms with van der Waals surface area (Å²) in [7, 11) is 0. The van der Waals surface area contributed by atoms with Gasteiger partial charge in [0.1, 0.15) is 5.82 Å². The van der Waals surface area contributed by atoms with Crippen molar-refractivity contribution in [1.29, 1.82) is 0 Å². The lowest BCUT2D eigenvalue weighted by Crippen LogP contribution is -2.38. The number of aliphatic hydroxyl groups is 2. The number of hydrogen-bond acceptors (Lipinski definition) is 3. The van der Waals surface area contributed by atoms with Gasteiger partial charge in [-0.1, -0.05) is 51.5 Å². The summed E-state index contributed by atoms with van der Waals surface area (Å²) >= 11 is 0. The number of hydrogen-bond donors (Lipinski definition) is 3. The van der Waals surface area contributed by atoms with Gasteiger partial charge in [0.15, 0.2) is 0 Å². The summed E-state index contributed by atoms with van der Waals surface area (Å²) in [5, 5.41) is 20.7. The van der Waals surface area contributed by atoms with Crippen LogP contribution in [0.4, 0.5) is 14.9 Å². The van der Waals surface area contributed by atoms with Crippen LogP contribution in [0.1, 0.15) is 57.4 Å². The van der Waals surface area contributed by atoms with E-state index >= 15 is 0 Å². The van der Waals surface area contributed by atoms with Crippen molar-refractivity contribution in [2.24, 2.45) is 0 Å². The zero-order valence-electron chi connectivity index (χ0n) is 15.1. The molecule has 0 bridgehead atoms. The Morgan fingerprint density at radius 1 is 1.08 bits per heavy atom. The Morgan fingerprint density at radius 3 is 2.36 bits per heavy atom. The number of urea groups is 1. The van der Waals surface area contributed by atoms with Crippen LogP contribution in [-0.2, 0) is 6.61 Å². The molecule has 1 rings (SSSR count). The van der Waals surface area contributed by atoms with Crippen molar-refractivity contribution < 1.29 is 19.4 Å². The Labute approximate surface area is 149 Å². The predicted molar refractivity (Wildman–Crippen MR) is 98.0 cm³/mol. The maximum absolute atomic E-state index is 13.9. The van der Waals surface area contributed by atoms with Gasteiger partial charge in [-0.05, 0) is 24.1 Å². The van der Waals surface area contributed by atoms with E-state index in [4.69, 9.17) is 10.2 Å². The van der Waals surface area contributed by atoms with Gasteiger partial charge in [0.25, 0.3) is 0 Å². The molecule has 142 valence electrons. The standard InChI is InChI=1S/C19H31FN2O3/c1-2-3-4-5-6-7-8-11-22(12-13-23)19(25)21-18-10-9-16(15-24)14-17(18)20/h9-10,14,23-24H,2-8,11-13,15H2,1H3,(H,21,25). The number of nitrogens with zero attached hydrogens (tertiary/aromatic N) is 1. The number of nitrogens with one attached hydrogen (secondary N) is 1. The highest BCUT2D eigenvalue weighted by molar-refractivity contribution is 5.89. The molecule has 0 spiro atoms. The maximum atomic E-state index is 13.9. The van der Waals surface area contributed by atoms with E-state index in [1.165, 1.54) is 42.7 Å². The topological polar surface area (TPSA) is 72.8 Å². The van der Waals surface area contributed by atoms with Gasteiger partial charge in [0.2, 0.25) is 0 Å². The van der Waals surface area contributed by atoms with E-state index < -0.39 is 11.8 Å². The highest BCUT2D eigenvalue weighted by Gasteiger charge is 2.14. The lowest BCUT2D eigenvalue weighted by atomic mass is 10.1. The molecular formula is C19H31FN2O3. The molecule has 6 heteroatoms. The zero-order valence-corrected chi connectivity index (χ0v) is 15.1. The fraction of sp³-hybridized carbons (Fsp3) is 0.632. The number of halogens is 1. The minimum atomic E-state index is -0.584. The van der Waals surface area contributed by atoms with Crippen LogP contribution in [0.2, 0.25) is 0 Å². The molecule has 1 aromatic carbocycles. The maximum Gasteiger partial charge on any atom is 0.322 e. The molecule has 0 aliphatic heterocycles. The molecule has 1 aromatic rings. The van der Waals surface area contributed by atoms with Crippen LogP contribution in [0, 0.1) is 5.82 Å². The summed E-state index contributed by atoms with van der Waals surface area (Å²) < 4.78 is 13.9. The van der Waals surface area contributed by atoms with Gasteiger partial charge in [0.05, 0.1) is 18.9 Å². The molecule has 0 fully saturated rings. The fourth-order valence-electron chi connectivity index (χ4n) is 2.65. The van der Waals surface area contributed by atoms with Crippen LogP contribution in [0.15, 0.2) is 18.2 Å². The SMILES string of the molecule is CCCCCCCCCN(CCO)C(=O)Nc1ccc(CO)cc1F. The smallest absolute Gasteiger partial charge is 0.322 e. The summed E-state index contributed by atoms with van der Waals surface area (Å²) in [6.45, 7) is 2.57. The van der Waals surface area contributed by atoms with Gasteiger partial charge in [-0.3, -0.25) is 0 Å². The molecular weight excluding hydrogens is 323 g/mol. The highest BCUT2D eigenvalue weighted by Crippen LogP contribution is 2.17. The third-order valence-electron chi connectivity index (χ3n) is 4.15. The number of unbranched alkanes of at least 4 members (excludes halogenated alkanes) is 6. The fourth-order valence-corrected chi connectivity index (χ4v) is 2.65.